The van der Waals surface area contributed by atoms with Gasteiger partial charge in [-0.05, 0) is 59.2 Å². The molecule has 0 N–H and O–H groups in total. The van der Waals surface area contributed by atoms with Crippen LogP contribution in [0.3, 0.4) is 0 Å². The van der Waals surface area contributed by atoms with E-state index in [4.69, 9.17) is 19.0 Å². The van der Waals surface area contributed by atoms with Crippen LogP contribution >= 0.6 is 30.1 Å². The van der Waals surface area contributed by atoms with Crippen molar-refractivity contribution in [1.29, 1.82) is 5.26 Å². The van der Waals surface area contributed by atoms with Crippen LogP contribution < -0.4 is 4.74 Å². The third-order valence-electron chi connectivity index (χ3n) is 4.62. The summed E-state index contributed by atoms with van der Waals surface area (Å²) >= 11 is 0. The highest BCUT2D eigenvalue weighted by molar-refractivity contribution is 8.77. The largest absolute Gasteiger partial charge is 0.497 e. The van der Waals surface area contributed by atoms with Gasteiger partial charge in [-0.3, -0.25) is 0 Å². The van der Waals surface area contributed by atoms with Crippen LogP contribution in [0.1, 0.15) is 58.8 Å². The normalized spacial score (nSPS) is 22.2. The molecule has 8 heteroatoms. The molecule has 1 heterocycles. The molecule has 0 spiro atoms. The molecule has 1 aromatic carbocycles. The lowest BCUT2D eigenvalue weighted by atomic mass is 9.97. The minimum absolute atomic E-state index is 0.0298. The molecule has 162 valence electrons. The summed E-state index contributed by atoms with van der Waals surface area (Å²) in [5, 5.41) is 9.12. The van der Waals surface area contributed by atoms with E-state index >= 15 is 0 Å². The second kappa shape index (κ2) is 11.2. The minimum atomic E-state index is -1.29. The van der Waals surface area contributed by atoms with Gasteiger partial charge in [-0.2, -0.15) is 5.26 Å². The zero-order valence-electron chi connectivity index (χ0n) is 18.4. The van der Waals surface area contributed by atoms with Crippen molar-refractivity contribution in [1.82, 2.24) is 4.67 Å². The fourth-order valence-electron chi connectivity index (χ4n) is 3.26. The first-order valence-electron chi connectivity index (χ1n) is 9.94. The lowest BCUT2D eigenvalue weighted by molar-refractivity contribution is 0.114. The first-order valence-corrected chi connectivity index (χ1v) is 13.3. The third kappa shape index (κ3) is 6.50. The summed E-state index contributed by atoms with van der Waals surface area (Å²) in [5.41, 5.74) is 1.20. The molecule has 0 radical (unpaired) electrons. The molecule has 0 aromatic heterocycles. The molecule has 2 rings (SSSR count). The van der Waals surface area contributed by atoms with E-state index in [1.54, 1.807) is 7.11 Å². The highest BCUT2D eigenvalue weighted by atomic mass is 33.1. The van der Waals surface area contributed by atoms with Crippen LogP contribution in [0.2, 0.25) is 0 Å². The summed E-state index contributed by atoms with van der Waals surface area (Å²) < 4.78 is 20.6. The fraction of sp³-hybridized carbons (Fsp3) is 0.667. The van der Waals surface area contributed by atoms with Gasteiger partial charge in [0.2, 0.25) is 0 Å². The highest BCUT2D eigenvalue weighted by Gasteiger charge is 2.48. The number of nitriles is 1. The maximum atomic E-state index is 8.95. The SMILES string of the molecule is COc1cccc([C@H]2SSC(C)(C)[C@H]2OP(OCCC#N)N(C(C)C)C(C)C)c1. The third-order valence-corrected chi connectivity index (χ3v) is 10.4. The summed E-state index contributed by atoms with van der Waals surface area (Å²) in [7, 11) is 4.11. The van der Waals surface area contributed by atoms with Gasteiger partial charge in [-0.1, -0.05) is 33.7 Å². The van der Waals surface area contributed by atoms with E-state index in [2.05, 4.69) is 64.4 Å². The molecule has 5 nitrogen and oxygen atoms in total. The lowest BCUT2D eigenvalue weighted by Crippen LogP contribution is -2.39. The molecule has 0 amide bonds. The van der Waals surface area contributed by atoms with E-state index in [0.717, 1.165) is 5.75 Å². The molecule has 0 aliphatic carbocycles. The highest BCUT2D eigenvalue weighted by Crippen LogP contribution is 2.63. The summed E-state index contributed by atoms with van der Waals surface area (Å²) in [4.78, 5) is 0. The Morgan fingerprint density at radius 1 is 1.24 bits per heavy atom. The van der Waals surface area contributed by atoms with Crippen LogP contribution in [-0.4, -0.2) is 41.3 Å². The zero-order chi connectivity index (χ0) is 21.6. The van der Waals surface area contributed by atoms with Crippen molar-refractivity contribution >= 4 is 30.1 Å². The van der Waals surface area contributed by atoms with Gasteiger partial charge in [0.05, 0.1) is 37.6 Å². The molecule has 0 saturated carbocycles. The lowest BCUT2D eigenvalue weighted by Gasteiger charge is -2.39. The van der Waals surface area contributed by atoms with Gasteiger partial charge in [0.25, 0.3) is 8.53 Å². The molecule has 0 bridgehead atoms. The number of nitrogens with zero attached hydrogens (tertiary/aromatic N) is 2. The van der Waals surface area contributed by atoms with E-state index in [1.165, 1.54) is 5.56 Å². The molecule has 1 aliphatic rings. The number of ether oxygens (including phenoxy) is 1. The van der Waals surface area contributed by atoms with Crippen molar-refractivity contribution in [2.24, 2.45) is 0 Å². The summed E-state index contributed by atoms with van der Waals surface area (Å²) in [6.45, 7) is 13.5. The Kier molecular flexibility index (Phi) is 9.60. The number of benzene rings is 1. The molecule has 1 saturated heterocycles. The quantitative estimate of drug-likeness (QED) is 0.224. The van der Waals surface area contributed by atoms with Gasteiger partial charge < -0.3 is 13.8 Å². The van der Waals surface area contributed by atoms with Crippen LogP contribution in [-0.2, 0) is 9.05 Å². The Morgan fingerprint density at radius 2 is 1.93 bits per heavy atom. The first-order chi connectivity index (χ1) is 13.7. The maximum Gasteiger partial charge on any atom is 0.259 e. The predicted octanol–water partition coefficient (Wildman–Crippen LogP) is 6.57. The Hall–Kier alpha value is -0.480. The molecule has 3 atom stereocenters. The Balaban J connectivity index is 2.31. The van der Waals surface area contributed by atoms with Gasteiger partial charge in [0.1, 0.15) is 5.75 Å². The monoisotopic (exact) mass is 456 g/mol. The van der Waals surface area contributed by atoms with E-state index in [0.29, 0.717) is 13.0 Å². The second-order valence-corrected chi connectivity index (χ2v) is 12.5. The first kappa shape index (κ1) is 24.8. The number of hydrogen-bond donors (Lipinski definition) is 0. The standard InChI is InChI=1S/C21H33N2O3PS2/c1-15(2)23(16(3)4)27(25-13-9-12-22)26-20-19(28-29-21(20,5)6)17-10-8-11-18(14-17)24-7/h8,10-11,14-16,19-20H,9,13H2,1-7H3/t19-,20+,27?/m1/s1. The topological polar surface area (TPSA) is 54.7 Å². The Morgan fingerprint density at radius 3 is 2.52 bits per heavy atom. The molecule has 1 unspecified atom stereocenters. The molecular formula is C21H33N2O3PS2. The van der Waals surface area contributed by atoms with Crippen LogP contribution in [0.15, 0.2) is 24.3 Å². The minimum Gasteiger partial charge on any atom is -0.497 e. The Labute approximate surface area is 185 Å². The van der Waals surface area contributed by atoms with Crippen LogP contribution in [0.5, 0.6) is 5.75 Å². The van der Waals surface area contributed by atoms with Gasteiger partial charge in [0, 0.05) is 16.8 Å². The number of methoxy groups -OCH3 is 1. The zero-order valence-corrected chi connectivity index (χ0v) is 20.9. The van der Waals surface area contributed by atoms with Crippen molar-refractivity contribution in [2.45, 2.75) is 76.1 Å². The van der Waals surface area contributed by atoms with Crippen molar-refractivity contribution in [3.63, 3.8) is 0 Å². The molecule has 1 aromatic rings. The van der Waals surface area contributed by atoms with Gasteiger partial charge >= 0.3 is 0 Å². The summed E-state index contributed by atoms with van der Waals surface area (Å²) in [6, 6.07) is 11.0. The smallest absolute Gasteiger partial charge is 0.259 e. The van der Waals surface area contributed by atoms with Crippen molar-refractivity contribution in [3.8, 4) is 11.8 Å². The average molecular weight is 457 g/mol. The summed E-state index contributed by atoms with van der Waals surface area (Å²) in [6.07, 6.45) is 0.334. The molecule has 1 fully saturated rings. The molecule has 29 heavy (non-hydrogen) atoms. The van der Waals surface area contributed by atoms with Crippen LogP contribution in [0, 0.1) is 11.3 Å². The Bertz CT molecular complexity index is 689. The second-order valence-electron chi connectivity index (χ2n) is 8.05. The van der Waals surface area contributed by atoms with E-state index in [-0.39, 0.29) is 28.2 Å². The van der Waals surface area contributed by atoms with Crippen molar-refractivity contribution < 1.29 is 13.8 Å². The van der Waals surface area contributed by atoms with Gasteiger partial charge in [-0.15, -0.1) is 0 Å². The van der Waals surface area contributed by atoms with E-state index < -0.39 is 8.53 Å². The molecular weight excluding hydrogens is 423 g/mol. The maximum absolute atomic E-state index is 8.95. The van der Waals surface area contributed by atoms with Crippen molar-refractivity contribution in [2.75, 3.05) is 13.7 Å². The average Bonchev–Trinajstić information content (AvgIpc) is 2.95. The molecule has 1 aliphatic heterocycles. The van der Waals surface area contributed by atoms with Gasteiger partial charge in [0.15, 0.2) is 0 Å². The van der Waals surface area contributed by atoms with Crippen LogP contribution in [0.25, 0.3) is 0 Å². The van der Waals surface area contributed by atoms with Crippen molar-refractivity contribution in [3.05, 3.63) is 29.8 Å². The number of hydrogen-bond acceptors (Lipinski definition) is 7. The predicted molar refractivity (Wildman–Crippen MR) is 125 cm³/mol. The fourth-order valence-corrected chi connectivity index (χ4v) is 8.75. The van der Waals surface area contributed by atoms with E-state index in [9.17, 15) is 0 Å². The van der Waals surface area contributed by atoms with Gasteiger partial charge in [-0.25, -0.2) is 4.67 Å². The summed E-state index contributed by atoms with van der Waals surface area (Å²) in [5.74, 6) is 0.857. The van der Waals surface area contributed by atoms with E-state index in [1.807, 2.05) is 33.7 Å². The van der Waals surface area contributed by atoms with Crippen LogP contribution in [0.4, 0.5) is 0 Å². The number of rotatable bonds is 10.